The summed E-state index contributed by atoms with van der Waals surface area (Å²) in [5.41, 5.74) is 1.32. The Kier molecular flexibility index (Phi) is 7.39. The summed E-state index contributed by atoms with van der Waals surface area (Å²) in [6.07, 6.45) is 7.62. The molecule has 0 spiro atoms. The summed E-state index contributed by atoms with van der Waals surface area (Å²) in [6.45, 7) is 4.53. The molecule has 0 aromatic heterocycles. The van der Waals surface area contributed by atoms with E-state index in [0.29, 0.717) is 0 Å². The number of benzene rings is 1. The number of hydrogen-bond donors (Lipinski definition) is 0. The zero-order valence-electron chi connectivity index (χ0n) is 12.9. The van der Waals surface area contributed by atoms with Crippen molar-refractivity contribution in [3.63, 3.8) is 0 Å². The van der Waals surface area contributed by atoms with Gasteiger partial charge in [0, 0.05) is 6.07 Å². The largest absolute Gasteiger partial charge is 0.497 e. The molecule has 0 N–H and O–H groups in total. The molecule has 0 aliphatic heterocycles. The first-order valence-corrected chi connectivity index (χ1v) is 7.45. The Bertz CT molecular complexity index is 338. The summed E-state index contributed by atoms with van der Waals surface area (Å²) in [4.78, 5) is 0. The summed E-state index contributed by atoms with van der Waals surface area (Å²) in [5.74, 6) is 2.56. The molecule has 0 heterocycles. The second-order valence-corrected chi connectivity index (χ2v) is 5.22. The highest BCUT2D eigenvalue weighted by atomic mass is 16.5. The SMILES string of the molecule is CCCCC(CCC)Cc1cc(OC)cc(OC)c1. The van der Waals surface area contributed by atoms with Crippen molar-refractivity contribution in [3.05, 3.63) is 23.8 Å². The number of methoxy groups -OCH3 is 2. The predicted octanol–water partition coefficient (Wildman–Crippen LogP) is 4.85. The van der Waals surface area contributed by atoms with Crippen LogP contribution in [-0.4, -0.2) is 14.2 Å². The first kappa shape index (κ1) is 15.9. The van der Waals surface area contributed by atoms with Crippen LogP contribution in [0.3, 0.4) is 0 Å². The van der Waals surface area contributed by atoms with Gasteiger partial charge in [-0.15, -0.1) is 0 Å². The lowest BCUT2D eigenvalue weighted by atomic mass is 9.90. The summed E-state index contributed by atoms with van der Waals surface area (Å²) in [6, 6.07) is 6.21. The van der Waals surface area contributed by atoms with Gasteiger partial charge in [0.2, 0.25) is 0 Å². The van der Waals surface area contributed by atoms with E-state index >= 15 is 0 Å². The van der Waals surface area contributed by atoms with E-state index in [9.17, 15) is 0 Å². The van der Waals surface area contributed by atoms with Gasteiger partial charge in [-0.1, -0.05) is 46.0 Å². The van der Waals surface area contributed by atoms with Crippen LogP contribution >= 0.6 is 0 Å². The van der Waals surface area contributed by atoms with Crippen LogP contribution in [0.25, 0.3) is 0 Å². The van der Waals surface area contributed by atoms with E-state index in [-0.39, 0.29) is 0 Å². The molecule has 0 bridgehead atoms. The van der Waals surface area contributed by atoms with Crippen LogP contribution in [0, 0.1) is 5.92 Å². The first-order chi connectivity index (χ1) is 9.23. The fraction of sp³-hybridized carbons (Fsp3) is 0.647. The van der Waals surface area contributed by atoms with Gasteiger partial charge in [-0.2, -0.15) is 0 Å². The van der Waals surface area contributed by atoms with E-state index in [0.717, 1.165) is 23.8 Å². The maximum Gasteiger partial charge on any atom is 0.122 e. The molecule has 0 aliphatic carbocycles. The molecule has 0 aliphatic rings. The van der Waals surface area contributed by atoms with Gasteiger partial charge in [0.25, 0.3) is 0 Å². The average molecular weight is 264 g/mol. The third-order valence-electron chi connectivity index (χ3n) is 3.60. The van der Waals surface area contributed by atoms with Crippen molar-refractivity contribution in [3.8, 4) is 11.5 Å². The average Bonchev–Trinajstić information content (AvgIpc) is 2.44. The monoisotopic (exact) mass is 264 g/mol. The lowest BCUT2D eigenvalue weighted by molar-refractivity contribution is 0.389. The van der Waals surface area contributed by atoms with E-state index in [1.165, 1.54) is 37.7 Å². The van der Waals surface area contributed by atoms with E-state index in [1.807, 2.05) is 6.07 Å². The normalized spacial score (nSPS) is 12.2. The van der Waals surface area contributed by atoms with Gasteiger partial charge in [0.05, 0.1) is 14.2 Å². The quantitative estimate of drug-likeness (QED) is 0.634. The Morgan fingerprint density at radius 1 is 0.895 bits per heavy atom. The lowest BCUT2D eigenvalue weighted by Crippen LogP contribution is -2.05. The molecule has 0 amide bonds. The smallest absolute Gasteiger partial charge is 0.122 e. The molecule has 0 fully saturated rings. The Morgan fingerprint density at radius 2 is 1.53 bits per heavy atom. The molecule has 1 aromatic rings. The number of ether oxygens (including phenoxy) is 2. The highest BCUT2D eigenvalue weighted by molar-refractivity contribution is 5.38. The molecular formula is C17H28O2. The van der Waals surface area contributed by atoms with Gasteiger partial charge in [0.15, 0.2) is 0 Å². The van der Waals surface area contributed by atoms with Crippen molar-refractivity contribution in [2.75, 3.05) is 14.2 Å². The molecule has 108 valence electrons. The molecule has 1 rings (SSSR count). The second-order valence-electron chi connectivity index (χ2n) is 5.22. The van der Waals surface area contributed by atoms with E-state index in [4.69, 9.17) is 9.47 Å². The molecule has 2 nitrogen and oxygen atoms in total. The van der Waals surface area contributed by atoms with Crippen LogP contribution < -0.4 is 9.47 Å². The topological polar surface area (TPSA) is 18.5 Å². The minimum atomic E-state index is 0.779. The highest BCUT2D eigenvalue weighted by Gasteiger charge is 2.10. The Labute approximate surface area is 118 Å². The number of unbranched alkanes of at least 4 members (excludes halogenated alkanes) is 1. The van der Waals surface area contributed by atoms with Gasteiger partial charge in [-0.25, -0.2) is 0 Å². The van der Waals surface area contributed by atoms with Crippen LogP contribution in [-0.2, 0) is 6.42 Å². The third kappa shape index (κ3) is 5.54. The summed E-state index contributed by atoms with van der Waals surface area (Å²) in [5, 5.41) is 0. The van der Waals surface area contributed by atoms with Crippen molar-refractivity contribution < 1.29 is 9.47 Å². The molecule has 1 unspecified atom stereocenters. The zero-order valence-corrected chi connectivity index (χ0v) is 12.9. The van der Waals surface area contributed by atoms with Crippen LogP contribution in [0.2, 0.25) is 0 Å². The van der Waals surface area contributed by atoms with Gasteiger partial charge in [-0.05, 0) is 30.0 Å². The summed E-state index contributed by atoms with van der Waals surface area (Å²) >= 11 is 0. The van der Waals surface area contributed by atoms with E-state index in [2.05, 4.69) is 26.0 Å². The molecule has 1 aromatic carbocycles. The maximum absolute atomic E-state index is 5.34. The van der Waals surface area contributed by atoms with Gasteiger partial charge in [-0.3, -0.25) is 0 Å². The Hall–Kier alpha value is -1.18. The van der Waals surface area contributed by atoms with E-state index in [1.54, 1.807) is 14.2 Å². The molecular weight excluding hydrogens is 236 g/mol. The van der Waals surface area contributed by atoms with E-state index < -0.39 is 0 Å². The summed E-state index contributed by atoms with van der Waals surface area (Å²) < 4.78 is 10.7. The van der Waals surface area contributed by atoms with Crippen molar-refractivity contribution in [2.45, 2.75) is 52.4 Å². The Morgan fingerprint density at radius 3 is 2.00 bits per heavy atom. The number of hydrogen-bond acceptors (Lipinski definition) is 2. The number of rotatable bonds is 9. The van der Waals surface area contributed by atoms with Crippen LogP contribution in [0.5, 0.6) is 11.5 Å². The van der Waals surface area contributed by atoms with Crippen LogP contribution in [0.15, 0.2) is 18.2 Å². The zero-order chi connectivity index (χ0) is 14.1. The fourth-order valence-electron chi connectivity index (χ4n) is 2.57. The molecule has 0 saturated carbocycles. The molecule has 0 radical (unpaired) electrons. The van der Waals surface area contributed by atoms with Crippen molar-refractivity contribution in [1.29, 1.82) is 0 Å². The second kappa shape index (κ2) is 8.84. The predicted molar refractivity (Wildman–Crippen MR) is 81.2 cm³/mol. The molecule has 1 atom stereocenters. The molecule has 19 heavy (non-hydrogen) atoms. The molecule has 0 saturated heterocycles. The van der Waals surface area contributed by atoms with Gasteiger partial charge in [0.1, 0.15) is 11.5 Å². The minimum absolute atomic E-state index is 0.779. The first-order valence-electron chi connectivity index (χ1n) is 7.45. The fourth-order valence-corrected chi connectivity index (χ4v) is 2.57. The van der Waals surface area contributed by atoms with Crippen molar-refractivity contribution >= 4 is 0 Å². The van der Waals surface area contributed by atoms with Gasteiger partial charge < -0.3 is 9.47 Å². The van der Waals surface area contributed by atoms with Crippen LogP contribution in [0.4, 0.5) is 0 Å². The van der Waals surface area contributed by atoms with Crippen LogP contribution in [0.1, 0.15) is 51.5 Å². The third-order valence-corrected chi connectivity index (χ3v) is 3.60. The minimum Gasteiger partial charge on any atom is -0.497 e. The maximum atomic E-state index is 5.34. The summed E-state index contributed by atoms with van der Waals surface area (Å²) in [7, 11) is 3.42. The van der Waals surface area contributed by atoms with Gasteiger partial charge >= 0.3 is 0 Å². The standard InChI is InChI=1S/C17H28O2/c1-5-7-9-14(8-6-2)10-15-11-16(18-3)13-17(12-15)19-4/h11-14H,5-10H2,1-4H3. The van der Waals surface area contributed by atoms with Crippen molar-refractivity contribution in [2.24, 2.45) is 5.92 Å². The molecule has 2 heteroatoms. The Balaban J connectivity index is 2.76. The van der Waals surface area contributed by atoms with Crippen molar-refractivity contribution in [1.82, 2.24) is 0 Å². The lowest BCUT2D eigenvalue weighted by Gasteiger charge is -2.17. The highest BCUT2D eigenvalue weighted by Crippen LogP contribution is 2.27.